The first-order valence-electron chi connectivity index (χ1n) is 5.58. The first-order valence-corrected chi connectivity index (χ1v) is 5.58. The molecule has 1 fully saturated rings. The largest absolute Gasteiger partial charge is 0.373 e. The number of hydrogen-bond acceptors (Lipinski definition) is 2. The molecule has 0 N–H and O–H groups in total. The summed E-state index contributed by atoms with van der Waals surface area (Å²) in [6.45, 7) is 11.1. The van der Waals surface area contributed by atoms with Crippen molar-refractivity contribution in [3.63, 3.8) is 0 Å². The summed E-state index contributed by atoms with van der Waals surface area (Å²) in [5.74, 6) is 0. The average molecular weight is 185 g/mol. The maximum absolute atomic E-state index is 5.84. The zero-order chi connectivity index (χ0) is 9.84. The predicted molar refractivity (Wildman–Crippen MR) is 56.0 cm³/mol. The van der Waals surface area contributed by atoms with Gasteiger partial charge in [-0.3, -0.25) is 4.90 Å². The molecule has 1 aliphatic heterocycles. The fourth-order valence-corrected chi connectivity index (χ4v) is 2.34. The Balaban J connectivity index is 2.55. The van der Waals surface area contributed by atoms with E-state index in [1.54, 1.807) is 0 Å². The van der Waals surface area contributed by atoms with Crippen molar-refractivity contribution in [3.05, 3.63) is 0 Å². The molecular formula is C11H23NO. The number of ether oxygens (including phenoxy) is 1. The molecule has 0 aromatic heterocycles. The number of hydrogen-bond donors (Lipinski definition) is 0. The van der Waals surface area contributed by atoms with Crippen LogP contribution in [0.25, 0.3) is 0 Å². The minimum atomic E-state index is 0.406. The lowest BCUT2D eigenvalue weighted by Crippen LogP contribution is -2.52. The van der Waals surface area contributed by atoms with Gasteiger partial charge in [-0.25, -0.2) is 0 Å². The number of rotatable bonds is 3. The third-order valence-corrected chi connectivity index (χ3v) is 2.94. The standard InChI is InChI=1S/C11H23NO/c1-5-7-11-10(4)13-9(3)8-12(11)6-2/h9-11H,5-8H2,1-4H3. The van der Waals surface area contributed by atoms with Crippen LogP contribution in [0.15, 0.2) is 0 Å². The number of morpholine rings is 1. The third-order valence-electron chi connectivity index (χ3n) is 2.94. The molecular weight excluding hydrogens is 162 g/mol. The Morgan fingerprint density at radius 3 is 2.54 bits per heavy atom. The van der Waals surface area contributed by atoms with Gasteiger partial charge < -0.3 is 4.74 Å². The Morgan fingerprint density at radius 1 is 1.31 bits per heavy atom. The molecule has 0 aromatic rings. The first-order chi connectivity index (χ1) is 6.19. The number of nitrogens with zero attached hydrogens (tertiary/aromatic N) is 1. The summed E-state index contributed by atoms with van der Waals surface area (Å²) >= 11 is 0. The lowest BCUT2D eigenvalue weighted by Gasteiger charge is -2.42. The Kier molecular flexibility index (Phi) is 4.20. The van der Waals surface area contributed by atoms with Gasteiger partial charge in [-0.15, -0.1) is 0 Å². The molecule has 3 atom stereocenters. The van der Waals surface area contributed by atoms with Gasteiger partial charge in [-0.05, 0) is 26.8 Å². The van der Waals surface area contributed by atoms with Crippen LogP contribution in [0, 0.1) is 0 Å². The van der Waals surface area contributed by atoms with E-state index in [1.165, 1.54) is 12.8 Å². The molecule has 1 heterocycles. The minimum absolute atomic E-state index is 0.406. The molecule has 1 saturated heterocycles. The summed E-state index contributed by atoms with van der Waals surface area (Å²) in [4.78, 5) is 2.56. The van der Waals surface area contributed by atoms with Crippen LogP contribution in [0.4, 0.5) is 0 Å². The van der Waals surface area contributed by atoms with Crippen molar-refractivity contribution in [3.8, 4) is 0 Å². The molecule has 0 aromatic carbocycles. The minimum Gasteiger partial charge on any atom is -0.373 e. The van der Waals surface area contributed by atoms with E-state index < -0.39 is 0 Å². The lowest BCUT2D eigenvalue weighted by molar-refractivity contribution is -0.105. The van der Waals surface area contributed by atoms with Crippen molar-refractivity contribution in [1.82, 2.24) is 4.90 Å². The smallest absolute Gasteiger partial charge is 0.0706 e. The third kappa shape index (κ3) is 2.68. The normalized spacial score (nSPS) is 36.5. The van der Waals surface area contributed by atoms with Crippen LogP contribution >= 0.6 is 0 Å². The second-order valence-corrected chi connectivity index (χ2v) is 4.10. The van der Waals surface area contributed by atoms with Crippen molar-refractivity contribution in [1.29, 1.82) is 0 Å². The highest BCUT2D eigenvalue weighted by Gasteiger charge is 2.30. The van der Waals surface area contributed by atoms with Crippen molar-refractivity contribution in [2.75, 3.05) is 13.1 Å². The fraction of sp³-hybridized carbons (Fsp3) is 1.00. The topological polar surface area (TPSA) is 12.5 Å². The van der Waals surface area contributed by atoms with E-state index in [0.717, 1.165) is 13.1 Å². The summed E-state index contributed by atoms with van der Waals surface area (Å²) in [7, 11) is 0. The fourth-order valence-electron chi connectivity index (χ4n) is 2.34. The van der Waals surface area contributed by atoms with E-state index in [9.17, 15) is 0 Å². The predicted octanol–water partition coefficient (Wildman–Crippen LogP) is 2.28. The molecule has 0 spiro atoms. The Bertz CT molecular complexity index is 149. The monoisotopic (exact) mass is 185 g/mol. The van der Waals surface area contributed by atoms with E-state index in [-0.39, 0.29) is 0 Å². The summed E-state index contributed by atoms with van der Waals surface area (Å²) in [6.07, 6.45) is 3.33. The molecule has 3 unspecified atom stereocenters. The van der Waals surface area contributed by atoms with Crippen LogP contribution in [0.3, 0.4) is 0 Å². The van der Waals surface area contributed by atoms with Crippen LogP contribution in [0.2, 0.25) is 0 Å². The van der Waals surface area contributed by atoms with Crippen LogP contribution in [-0.2, 0) is 4.74 Å². The molecule has 13 heavy (non-hydrogen) atoms. The molecule has 1 aliphatic rings. The van der Waals surface area contributed by atoms with E-state index in [4.69, 9.17) is 4.74 Å². The van der Waals surface area contributed by atoms with Crippen LogP contribution in [0.5, 0.6) is 0 Å². The summed E-state index contributed by atoms with van der Waals surface area (Å²) in [5.41, 5.74) is 0. The molecule has 0 amide bonds. The molecule has 0 bridgehead atoms. The zero-order valence-electron chi connectivity index (χ0n) is 9.42. The van der Waals surface area contributed by atoms with Gasteiger partial charge in [0.15, 0.2) is 0 Å². The number of likely N-dealkylation sites (N-methyl/N-ethyl adjacent to an activating group) is 1. The van der Waals surface area contributed by atoms with Gasteiger partial charge in [-0.1, -0.05) is 20.3 Å². The summed E-state index contributed by atoms with van der Waals surface area (Å²) in [6, 6.07) is 0.645. The second-order valence-electron chi connectivity index (χ2n) is 4.10. The SMILES string of the molecule is CCCC1C(C)OC(C)CN1CC. The van der Waals surface area contributed by atoms with E-state index in [1.807, 2.05) is 0 Å². The van der Waals surface area contributed by atoms with Crippen LogP contribution in [0.1, 0.15) is 40.5 Å². The van der Waals surface area contributed by atoms with Crippen molar-refractivity contribution >= 4 is 0 Å². The van der Waals surface area contributed by atoms with Gasteiger partial charge in [0.05, 0.1) is 12.2 Å². The maximum atomic E-state index is 5.84. The maximum Gasteiger partial charge on any atom is 0.0706 e. The Labute approximate surface area is 82.3 Å². The highest BCUT2D eigenvalue weighted by atomic mass is 16.5. The van der Waals surface area contributed by atoms with Gasteiger partial charge in [-0.2, -0.15) is 0 Å². The van der Waals surface area contributed by atoms with E-state index in [0.29, 0.717) is 18.2 Å². The van der Waals surface area contributed by atoms with Crippen LogP contribution < -0.4 is 0 Å². The Hall–Kier alpha value is -0.0800. The zero-order valence-corrected chi connectivity index (χ0v) is 9.42. The summed E-state index contributed by atoms with van der Waals surface area (Å²) in [5, 5.41) is 0. The van der Waals surface area contributed by atoms with Crippen molar-refractivity contribution in [2.45, 2.75) is 58.8 Å². The molecule has 0 saturated carbocycles. The van der Waals surface area contributed by atoms with Crippen molar-refractivity contribution in [2.24, 2.45) is 0 Å². The molecule has 0 radical (unpaired) electrons. The van der Waals surface area contributed by atoms with Gasteiger partial charge in [0.25, 0.3) is 0 Å². The molecule has 2 nitrogen and oxygen atoms in total. The first kappa shape index (κ1) is 11.0. The van der Waals surface area contributed by atoms with Gasteiger partial charge >= 0.3 is 0 Å². The lowest BCUT2D eigenvalue weighted by atomic mass is 10.0. The average Bonchev–Trinajstić information content (AvgIpc) is 2.09. The Morgan fingerprint density at radius 2 is 2.00 bits per heavy atom. The molecule has 0 aliphatic carbocycles. The molecule has 78 valence electrons. The van der Waals surface area contributed by atoms with E-state index in [2.05, 4.69) is 32.6 Å². The van der Waals surface area contributed by atoms with Gasteiger partial charge in [0.1, 0.15) is 0 Å². The molecule has 2 heteroatoms. The van der Waals surface area contributed by atoms with Gasteiger partial charge in [0, 0.05) is 12.6 Å². The molecule has 1 rings (SSSR count). The highest BCUT2D eigenvalue weighted by molar-refractivity contribution is 4.83. The van der Waals surface area contributed by atoms with E-state index >= 15 is 0 Å². The van der Waals surface area contributed by atoms with Crippen molar-refractivity contribution < 1.29 is 4.74 Å². The van der Waals surface area contributed by atoms with Crippen LogP contribution in [-0.4, -0.2) is 36.2 Å². The van der Waals surface area contributed by atoms with Gasteiger partial charge in [0.2, 0.25) is 0 Å². The summed E-state index contributed by atoms with van der Waals surface area (Å²) < 4.78 is 5.84. The quantitative estimate of drug-likeness (QED) is 0.669. The second kappa shape index (κ2) is 4.97. The highest BCUT2D eigenvalue weighted by Crippen LogP contribution is 2.21.